The molecule has 0 atom stereocenters. The van der Waals surface area contributed by atoms with Crippen LogP contribution >= 0.6 is 11.5 Å². The summed E-state index contributed by atoms with van der Waals surface area (Å²) < 4.78 is 9.75. The van der Waals surface area contributed by atoms with Gasteiger partial charge in [-0.3, -0.25) is 4.79 Å². The molecule has 0 aliphatic heterocycles. The van der Waals surface area contributed by atoms with Crippen LogP contribution in [0.15, 0.2) is 24.3 Å². The van der Waals surface area contributed by atoms with Gasteiger partial charge >= 0.3 is 0 Å². The number of aromatic nitrogens is 2. The summed E-state index contributed by atoms with van der Waals surface area (Å²) in [4.78, 5) is 12.8. The molecule has 5 nitrogen and oxygen atoms in total. The van der Waals surface area contributed by atoms with E-state index in [2.05, 4.69) is 14.9 Å². The second-order valence-corrected chi connectivity index (χ2v) is 6.16. The molecule has 1 aliphatic rings. The van der Waals surface area contributed by atoms with E-state index in [9.17, 15) is 4.79 Å². The highest BCUT2D eigenvalue weighted by Crippen LogP contribution is 2.25. The van der Waals surface area contributed by atoms with Gasteiger partial charge in [0.25, 0.3) is 5.91 Å². The lowest BCUT2D eigenvalue weighted by molar-refractivity contribution is 0.102. The number of hydrogen-bond donors (Lipinski definition) is 1. The van der Waals surface area contributed by atoms with Crippen LogP contribution in [-0.4, -0.2) is 21.6 Å². The minimum absolute atomic E-state index is 0.156. The van der Waals surface area contributed by atoms with Crippen molar-refractivity contribution in [1.82, 2.24) is 9.59 Å². The van der Waals surface area contributed by atoms with Crippen molar-refractivity contribution in [2.45, 2.75) is 45.1 Å². The number of benzene rings is 1. The highest BCUT2D eigenvalue weighted by molar-refractivity contribution is 7.08. The van der Waals surface area contributed by atoms with Gasteiger partial charge in [-0.15, -0.1) is 5.10 Å². The molecule has 1 amide bonds. The van der Waals surface area contributed by atoms with Crippen molar-refractivity contribution < 1.29 is 9.53 Å². The number of aryl methyl sites for hydroxylation is 1. The average Bonchev–Trinajstić information content (AvgIpc) is 3.20. The van der Waals surface area contributed by atoms with Gasteiger partial charge in [0, 0.05) is 5.69 Å². The molecule has 0 radical (unpaired) electrons. The largest absolute Gasteiger partial charge is 0.490 e. The van der Waals surface area contributed by atoms with Crippen molar-refractivity contribution in [2.75, 3.05) is 5.32 Å². The van der Waals surface area contributed by atoms with Gasteiger partial charge in [-0.1, -0.05) is 11.4 Å². The molecule has 1 aliphatic carbocycles. The minimum Gasteiger partial charge on any atom is -0.490 e. The third-order valence-corrected chi connectivity index (χ3v) is 4.58. The summed E-state index contributed by atoms with van der Waals surface area (Å²) in [6, 6.07) is 7.53. The number of nitrogens with zero attached hydrogens (tertiary/aromatic N) is 2. The number of ether oxygens (including phenoxy) is 1. The first kappa shape index (κ1) is 15.0. The molecule has 2 aromatic rings. The van der Waals surface area contributed by atoms with Crippen LogP contribution < -0.4 is 10.1 Å². The van der Waals surface area contributed by atoms with Gasteiger partial charge < -0.3 is 10.1 Å². The van der Waals surface area contributed by atoms with Crippen molar-refractivity contribution in [3.05, 3.63) is 34.8 Å². The summed E-state index contributed by atoms with van der Waals surface area (Å²) in [5.41, 5.74) is 1.49. The average molecular weight is 317 g/mol. The summed E-state index contributed by atoms with van der Waals surface area (Å²) >= 11 is 1.13. The summed E-state index contributed by atoms with van der Waals surface area (Å²) in [5, 5.41) is 6.83. The fourth-order valence-electron chi connectivity index (χ4n) is 2.62. The SMILES string of the molecule is CCc1nnsc1C(=O)Nc1ccc(OC2CCCC2)cc1. The van der Waals surface area contributed by atoms with E-state index in [4.69, 9.17) is 4.74 Å². The van der Waals surface area contributed by atoms with Gasteiger partial charge in [-0.05, 0) is 67.9 Å². The predicted octanol–water partition coefficient (Wildman–Crippen LogP) is 3.67. The molecule has 1 fully saturated rings. The molecular formula is C16H19N3O2S. The molecule has 3 rings (SSSR count). The molecule has 1 N–H and O–H groups in total. The van der Waals surface area contributed by atoms with Gasteiger partial charge in [-0.25, -0.2) is 0 Å². The predicted molar refractivity (Wildman–Crippen MR) is 86.6 cm³/mol. The Morgan fingerprint density at radius 3 is 2.73 bits per heavy atom. The maximum atomic E-state index is 12.2. The fourth-order valence-corrected chi connectivity index (χ4v) is 3.26. The van der Waals surface area contributed by atoms with Crippen molar-refractivity contribution in [3.8, 4) is 5.75 Å². The smallest absolute Gasteiger partial charge is 0.269 e. The maximum Gasteiger partial charge on any atom is 0.269 e. The van der Waals surface area contributed by atoms with Crippen LogP contribution in [0.1, 0.15) is 48.0 Å². The Morgan fingerprint density at radius 1 is 1.32 bits per heavy atom. The first-order valence-corrected chi connectivity index (χ1v) is 8.43. The monoisotopic (exact) mass is 317 g/mol. The molecule has 0 unspecified atom stereocenters. The van der Waals surface area contributed by atoms with Crippen molar-refractivity contribution in [1.29, 1.82) is 0 Å². The topological polar surface area (TPSA) is 64.1 Å². The highest BCUT2D eigenvalue weighted by atomic mass is 32.1. The van der Waals surface area contributed by atoms with Gasteiger partial charge in [0.05, 0.1) is 11.8 Å². The molecule has 0 bridgehead atoms. The Kier molecular flexibility index (Phi) is 4.68. The summed E-state index contributed by atoms with van der Waals surface area (Å²) in [7, 11) is 0. The quantitative estimate of drug-likeness (QED) is 0.914. The Balaban J connectivity index is 1.62. The molecule has 0 saturated heterocycles. The zero-order valence-corrected chi connectivity index (χ0v) is 13.4. The van der Waals surface area contributed by atoms with E-state index in [1.54, 1.807) is 0 Å². The summed E-state index contributed by atoms with van der Waals surface area (Å²) in [5.74, 6) is 0.704. The molecule has 1 saturated carbocycles. The lowest BCUT2D eigenvalue weighted by atomic mass is 10.2. The third kappa shape index (κ3) is 3.44. The number of hydrogen-bond acceptors (Lipinski definition) is 5. The van der Waals surface area contributed by atoms with E-state index in [1.807, 2.05) is 31.2 Å². The molecular weight excluding hydrogens is 298 g/mol. The Hall–Kier alpha value is -1.95. The lowest BCUT2D eigenvalue weighted by Gasteiger charge is -2.13. The van der Waals surface area contributed by atoms with E-state index in [0.717, 1.165) is 41.5 Å². The van der Waals surface area contributed by atoms with Gasteiger partial charge in [-0.2, -0.15) is 0 Å². The third-order valence-electron chi connectivity index (χ3n) is 3.81. The molecule has 6 heteroatoms. The van der Waals surface area contributed by atoms with Crippen LogP contribution in [0.2, 0.25) is 0 Å². The van der Waals surface area contributed by atoms with E-state index in [0.29, 0.717) is 17.4 Å². The zero-order valence-electron chi connectivity index (χ0n) is 12.5. The van der Waals surface area contributed by atoms with E-state index < -0.39 is 0 Å². The molecule has 1 heterocycles. The number of amides is 1. The normalized spacial score (nSPS) is 15.0. The molecule has 1 aromatic heterocycles. The van der Waals surface area contributed by atoms with E-state index in [-0.39, 0.29) is 5.91 Å². The van der Waals surface area contributed by atoms with E-state index in [1.165, 1.54) is 12.8 Å². The van der Waals surface area contributed by atoms with Crippen molar-refractivity contribution in [2.24, 2.45) is 0 Å². The maximum absolute atomic E-state index is 12.2. The van der Waals surface area contributed by atoms with Crippen LogP contribution in [0.4, 0.5) is 5.69 Å². The van der Waals surface area contributed by atoms with Crippen LogP contribution in [0.3, 0.4) is 0 Å². The fraction of sp³-hybridized carbons (Fsp3) is 0.438. The second-order valence-electron chi connectivity index (χ2n) is 5.41. The molecule has 0 spiro atoms. The van der Waals surface area contributed by atoms with Crippen molar-refractivity contribution >= 4 is 23.1 Å². The Bertz CT molecular complexity index is 633. The van der Waals surface area contributed by atoms with Crippen LogP contribution in [0.5, 0.6) is 5.75 Å². The molecule has 116 valence electrons. The zero-order chi connectivity index (χ0) is 15.4. The van der Waals surface area contributed by atoms with Gasteiger partial charge in [0.2, 0.25) is 0 Å². The summed E-state index contributed by atoms with van der Waals surface area (Å²) in [6.07, 6.45) is 5.82. The Morgan fingerprint density at radius 2 is 2.05 bits per heavy atom. The molecule has 22 heavy (non-hydrogen) atoms. The van der Waals surface area contributed by atoms with Crippen LogP contribution in [0, 0.1) is 0 Å². The number of rotatable bonds is 5. The van der Waals surface area contributed by atoms with Crippen LogP contribution in [-0.2, 0) is 6.42 Å². The number of carbonyl (C=O) groups excluding carboxylic acids is 1. The highest BCUT2D eigenvalue weighted by Gasteiger charge is 2.17. The number of anilines is 1. The first-order valence-electron chi connectivity index (χ1n) is 7.65. The first-order chi connectivity index (χ1) is 10.8. The Labute approximate surface area is 133 Å². The number of carbonyl (C=O) groups is 1. The minimum atomic E-state index is -0.156. The standard InChI is InChI=1S/C16H19N3O2S/c1-2-14-15(22-19-18-14)16(20)17-11-7-9-13(10-8-11)21-12-5-3-4-6-12/h7-10,12H,2-6H2,1H3,(H,17,20). The lowest BCUT2D eigenvalue weighted by Crippen LogP contribution is -2.13. The van der Waals surface area contributed by atoms with Crippen LogP contribution in [0.25, 0.3) is 0 Å². The second kappa shape index (κ2) is 6.87. The molecule has 1 aromatic carbocycles. The number of nitrogens with one attached hydrogen (secondary N) is 1. The van der Waals surface area contributed by atoms with Gasteiger partial charge in [0.1, 0.15) is 10.6 Å². The van der Waals surface area contributed by atoms with Gasteiger partial charge in [0.15, 0.2) is 0 Å². The summed E-state index contributed by atoms with van der Waals surface area (Å²) in [6.45, 7) is 1.96. The van der Waals surface area contributed by atoms with E-state index >= 15 is 0 Å². The van der Waals surface area contributed by atoms with Crippen molar-refractivity contribution in [3.63, 3.8) is 0 Å².